The SMILES string of the molecule is CCCCOCCOc1ccc(-c2ccc3c(c2)/C=C(/C(=O)Nc2ccc(S(=O)Cc4c(C)ncn4CC)cc2)CCCN3CC2CCCCO2)cc1. The number of carbonyl (C=O) groups excluding carboxylic acids is 1. The topological polar surface area (TPSA) is 94.9 Å². The number of imidazole rings is 1. The van der Waals surface area contributed by atoms with E-state index in [0.717, 1.165) is 115 Å². The predicted octanol–water partition coefficient (Wildman–Crippen LogP) is 8.57. The molecule has 53 heavy (non-hydrogen) atoms. The number of benzene rings is 3. The maximum Gasteiger partial charge on any atom is 0.251 e. The van der Waals surface area contributed by atoms with Gasteiger partial charge in [0.05, 0.1) is 47.0 Å². The molecule has 2 aliphatic rings. The van der Waals surface area contributed by atoms with Crippen LogP contribution in [0.25, 0.3) is 17.2 Å². The Kier molecular flexibility index (Phi) is 13.9. The second-order valence-corrected chi connectivity index (χ2v) is 15.3. The van der Waals surface area contributed by atoms with E-state index in [2.05, 4.69) is 65.5 Å². The first-order valence-electron chi connectivity index (χ1n) is 19.2. The summed E-state index contributed by atoms with van der Waals surface area (Å²) in [6.07, 6.45) is 11.1. The van der Waals surface area contributed by atoms with E-state index < -0.39 is 10.8 Å². The number of hydrogen-bond donors (Lipinski definition) is 1. The van der Waals surface area contributed by atoms with Gasteiger partial charge in [-0.15, -0.1) is 0 Å². The lowest BCUT2D eigenvalue weighted by molar-refractivity contribution is -0.112. The molecule has 3 heterocycles. The van der Waals surface area contributed by atoms with E-state index in [9.17, 15) is 9.00 Å². The summed E-state index contributed by atoms with van der Waals surface area (Å²) in [6, 6.07) is 22.1. The summed E-state index contributed by atoms with van der Waals surface area (Å²) in [5, 5.41) is 3.11. The number of nitrogens with one attached hydrogen (secondary N) is 1. The Balaban J connectivity index is 1.18. The Morgan fingerprint density at radius 3 is 2.55 bits per heavy atom. The quantitative estimate of drug-likeness (QED) is 0.115. The summed E-state index contributed by atoms with van der Waals surface area (Å²) >= 11 is 0. The molecule has 6 rings (SSSR count). The van der Waals surface area contributed by atoms with Crippen LogP contribution in [0.3, 0.4) is 0 Å². The lowest BCUT2D eigenvalue weighted by Crippen LogP contribution is -2.37. The van der Waals surface area contributed by atoms with Crippen LogP contribution in [0.1, 0.15) is 75.7 Å². The minimum atomic E-state index is -1.23. The average molecular weight is 739 g/mol. The van der Waals surface area contributed by atoms with Gasteiger partial charge in [0, 0.05) is 54.7 Å². The number of rotatable bonds is 16. The van der Waals surface area contributed by atoms with Gasteiger partial charge >= 0.3 is 0 Å². The molecule has 1 saturated heterocycles. The van der Waals surface area contributed by atoms with Crippen molar-refractivity contribution < 1.29 is 23.2 Å². The molecule has 2 atom stereocenters. The lowest BCUT2D eigenvalue weighted by atomic mass is 9.96. The van der Waals surface area contributed by atoms with E-state index in [1.165, 1.54) is 6.42 Å². The van der Waals surface area contributed by atoms with Gasteiger partial charge in [-0.3, -0.25) is 9.00 Å². The van der Waals surface area contributed by atoms with Crippen LogP contribution in [-0.4, -0.2) is 65.3 Å². The fourth-order valence-corrected chi connectivity index (χ4v) is 8.16. The van der Waals surface area contributed by atoms with Crippen molar-refractivity contribution in [3.8, 4) is 16.9 Å². The van der Waals surface area contributed by atoms with Crippen molar-refractivity contribution in [2.24, 2.45) is 0 Å². The van der Waals surface area contributed by atoms with Gasteiger partial charge in [0.2, 0.25) is 0 Å². The summed E-state index contributed by atoms with van der Waals surface area (Å²) in [5.74, 6) is 1.09. The van der Waals surface area contributed by atoms with Gasteiger partial charge in [-0.1, -0.05) is 31.5 Å². The van der Waals surface area contributed by atoms with Crippen LogP contribution in [0, 0.1) is 6.92 Å². The maximum atomic E-state index is 13.8. The zero-order chi connectivity index (χ0) is 37.0. The van der Waals surface area contributed by atoms with E-state index in [1.54, 1.807) is 6.33 Å². The molecule has 0 bridgehead atoms. The third-order valence-electron chi connectivity index (χ3n) is 10.0. The van der Waals surface area contributed by atoms with Crippen LogP contribution in [-0.2, 0) is 37.4 Å². The second kappa shape index (κ2) is 19.2. The molecule has 2 unspecified atom stereocenters. The number of fused-ring (bicyclic) bond motifs is 1. The molecule has 0 saturated carbocycles. The summed E-state index contributed by atoms with van der Waals surface area (Å²) in [6.45, 7) is 11.3. The number of hydrogen-bond acceptors (Lipinski definition) is 7. The van der Waals surface area contributed by atoms with Gasteiger partial charge in [0.15, 0.2) is 0 Å². The number of unbranched alkanes of at least 4 members (excludes halogenated alkanes) is 1. The van der Waals surface area contributed by atoms with Crippen LogP contribution < -0.4 is 15.0 Å². The van der Waals surface area contributed by atoms with Crippen LogP contribution in [0.4, 0.5) is 11.4 Å². The fraction of sp³-hybridized carbons (Fsp3) is 0.442. The normalized spacial score (nSPS) is 17.6. The molecule has 1 amide bonds. The number of anilines is 2. The Bertz CT molecular complexity index is 1850. The van der Waals surface area contributed by atoms with Crippen molar-refractivity contribution >= 4 is 34.2 Å². The first-order chi connectivity index (χ1) is 25.9. The first-order valence-corrected chi connectivity index (χ1v) is 20.6. The molecule has 0 spiro atoms. The van der Waals surface area contributed by atoms with Gasteiger partial charge in [-0.2, -0.15) is 0 Å². The monoisotopic (exact) mass is 738 g/mol. The molecule has 4 aromatic rings. The average Bonchev–Trinajstić information content (AvgIpc) is 3.53. The van der Waals surface area contributed by atoms with Crippen LogP contribution >= 0.6 is 0 Å². The fourth-order valence-electron chi connectivity index (χ4n) is 6.93. The molecule has 2 aliphatic heterocycles. The molecule has 3 aromatic carbocycles. The summed E-state index contributed by atoms with van der Waals surface area (Å²) < 4.78 is 33.0. The van der Waals surface area contributed by atoms with Crippen molar-refractivity contribution in [1.82, 2.24) is 9.55 Å². The Morgan fingerprint density at radius 2 is 1.79 bits per heavy atom. The predicted molar refractivity (Wildman–Crippen MR) is 214 cm³/mol. The van der Waals surface area contributed by atoms with E-state index in [4.69, 9.17) is 14.2 Å². The molecule has 282 valence electrons. The van der Waals surface area contributed by atoms with E-state index in [-0.39, 0.29) is 12.0 Å². The van der Waals surface area contributed by atoms with E-state index >= 15 is 0 Å². The van der Waals surface area contributed by atoms with Crippen LogP contribution in [0.5, 0.6) is 5.75 Å². The smallest absolute Gasteiger partial charge is 0.251 e. The lowest BCUT2D eigenvalue weighted by Gasteiger charge is -2.33. The minimum Gasteiger partial charge on any atom is -0.491 e. The number of carbonyl (C=O) groups is 1. The van der Waals surface area contributed by atoms with Gasteiger partial charge in [0.1, 0.15) is 12.4 Å². The molecule has 0 aliphatic carbocycles. The minimum absolute atomic E-state index is 0.123. The van der Waals surface area contributed by atoms with Gasteiger partial charge in [-0.25, -0.2) is 4.98 Å². The largest absolute Gasteiger partial charge is 0.491 e. The molecule has 9 nitrogen and oxygen atoms in total. The van der Waals surface area contributed by atoms with Crippen molar-refractivity contribution in [1.29, 1.82) is 0 Å². The third-order valence-corrected chi connectivity index (χ3v) is 11.4. The summed E-state index contributed by atoms with van der Waals surface area (Å²) in [7, 11) is -1.23. The molecule has 1 N–H and O–H groups in total. The standard InChI is InChI=1S/C43H54N4O5S/c1-4-6-23-50-25-26-52-38-17-12-33(13-18-38)34-14-21-41-36(27-34)28-35(10-9-22-47(41)29-39-11-7-8-24-51-39)43(48)45-37-15-19-40(20-16-37)53(49)30-42-32(3)44-31-46(42)5-2/h12-21,27-28,31,39H,4-11,22-26,29-30H2,1-3H3,(H,45,48)/b35-28+. The highest BCUT2D eigenvalue weighted by atomic mass is 32.2. The van der Waals surface area contributed by atoms with E-state index in [0.29, 0.717) is 31.1 Å². The van der Waals surface area contributed by atoms with E-state index in [1.807, 2.05) is 47.9 Å². The number of nitrogens with zero attached hydrogens (tertiary/aromatic N) is 3. The molecule has 10 heteroatoms. The van der Waals surface area contributed by atoms with Gasteiger partial charge in [-0.05, 0) is 124 Å². The summed E-state index contributed by atoms with van der Waals surface area (Å²) in [5.41, 5.74) is 7.57. The number of amides is 1. The first kappa shape index (κ1) is 38.5. The van der Waals surface area contributed by atoms with Gasteiger partial charge < -0.3 is 29.0 Å². The van der Waals surface area contributed by atoms with Crippen molar-refractivity contribution in [2.75, 3.05) is 49.7 Å². The van der Waals surface area contributed by atoms with Crippen LogP contribution in [0.15, 0.2) is 83.5 Å². The van der Waals surface area contributed by atoms with Crippen molar-refractivity contribution in [3.05, 3.63) is 95.6 Å². The highest BCUT2D eigenvalue weighted by molar-refractivity contribution is 7.84. The molecule has 1 aromatic heterocycles. The molecule has 0 radical (unpaired) electrons. The number of ether oxygens (including phenoxy) is 3. The molecular formula is C43H54N4O5S. The highest BCUT2D eigenvalue weighted by Gasteiger charge is 2.23. The molecule has 1 fully saturated rings. The number of aryl methyl sites for hydroxylation is 2. The van der Waals surface area contributed by atoms with Crippen molar-refractivity contribution in [3.63, 3.8) is 0 Å². The Labute approximate surface area is 317 Å². The summed E-state index contributed by atoms with van der Waals surface area (Å²) in [4.78, 5) is 21.4. The van der Waals surface area contributed by atoms with Gasteiger partial charge in [0.25, 0.3) is 5.91 Å². The number of aromatic nitrogens is 2. The second-order valence-electron chi connectivity index (χ2n) is 13.9. The van der Waals surface area contributed by atoms with Crippen molar-refractivity contribution in [2.45, 2.75) is 89.0 Å². The van der Waals surface area contributed by atoms with Crippen LogP contribution in [0.2, 0.25) is 0 Å². The Morgan fingerprint density at radius 1 is 0.981 bits per heavy atom. The maximum absolute atomic E-state index is 13.8. The highest BCUT2D eigenvalue weighted by Crippen LogP contribution is 2.34. The molecular weight excluding hydrogens is 685 g/mol. The third kappa shape index (κ3) is 10.5. The zero-order valence-electron chi connectivity index (χ0n) is 31.5. The zero-order valence-corrected chi connectivity index (χ0v) is 32.3. The Hall–Kier alpha value is -4.25.